The summed E-state index contributed by atoms with van der Waals surface area (Å²) in [5.41, 5.74) is 7.24. The van der Waals surface area contributed by atoms with Gasteiger partial charge >= 0.3 is 35.5 Å². The van der Waals surface area contributed by atoms with Crippen molar-refractivity contribution in [1.29, 1.82) is 0 Å². The number of carbonyl (C=O) groups excluding carboxylic acids is 2. The zero-order valence-corrected chi connectivity index (χ0v) is 16.7. The van der Waals surface area contributed by atoms with Gasteiger partial charge in [0, 0.05) is 5.75 Å². The van der Waals surface area contributed by atoms with Gasteiger partial charge in [0.05, 0.1) is 0 Å². The number of β-lactam (4-membered cyclic amide) rings is 1. The number of hydrogen-bond acceptors (Lipinski definition) is 5. The van der Waals surface area contributed by atoms with Crippen LogP contribution in [-0.4, -0.2) is 45.0 Å². The van der Waals surface area contributed by atoms with E-state index in [9.17, 15) is 19.5 Å². The quantitative estimate of drug-likeness (QED) is 0.401. The number of carboxylic acid groups (broad SMARTS) is 1. The van der Waals surface area contributed by atoms with Crippen LogP contribution in [0.2, 0.25) is 0 Å². The Balaban J connectivity index is 0.00000169. The maximum Gasteiger partial charge on any atom is 1.00 e. The Hall–Kier alpha value is -1.32. The van der Waals surface area contributed by atoms with Gasteiger partial charge in [-0.05, 0) is 18.1 Å². The zero-order chi connectivity index (χ0) is 17.4. The van der Waals surface area contributed by atoms with Gasteiger partial charge in [-0.2, -0.15) is 0 Å². The third-order valence-electron chi connectivity index (χ3n) is 4.10. The number of rotatable bonds is 4. The molecule has 2 heterocycles. The second-order valence-corrected chi connectivity index (χ2v) is 6.82. The Morgan fingerprint density at radius 1 is 1.40 bits per heavy atom. The Kier molecular flexibility index (Phi) is 6.34. The Morgan fingerprint density at radius 3 is 2.64 bits per heavy atom. The van der Waals surface area contributed by atoms with Gasteiger partial charge in [0.15, 0.2) is 0 Å². The topological polar surface area (TPSA) is 113 Å². The molecule has 2 amide bonds. The van der Waals surface area contributed by atoms with Crippen LogP contribution in [0.3, 0.4) is 0 Å². The Labute approximate surface area is 172 Å². The minimum absolute atomic E-state index is 0. The molecule has 2 aliphatic rings. The average Bonchev–Trinajstić information content (AvgIpc) is 2.59. The minimum atomic E-state index is -1.13. The number of hydrogen-bond donors (Lipinski definition) is 3. The van der Waals surface area contributed by atoms with Crippen molar-refractivity contribution in [3.05, 3.63) is 47.2 Å². The smallest absolute Gasteiger partial charge is 1.00 e. The van der Waals surface area contributed by atoms with Crippen molar-refractivity contribution in [2.45, 2.75) is 24.4 Å². The number of carbonyl (C=O) groups is 3. The molecule has 9 heteroatoms. The second kappa shape index (κ2) is 7.92. The predicted octanol–water partition coefficient (Wildman–Crippen LogP) is -2.44. The summed E-state index contributed by atoms with van der Waals surface area (Å²) in [4.78, 5) is 37.2. The molecule has 1 fully saturated rings. The number of aliphatic carboxylic acids is 1. The van der Waals surface area contributed by atoms with Gasteiger partial charge < -0.3 is 17.6 Å². The van der Waals surface area contributed by atoms with Crippen molar-refractivity contribution < 1.29 is 50.5 Å². The number of carboxylic acids is 1. The van der Waals surface area contributed by atoms with Crippen molar-refractivity contribution in [3.63, 3.8) is 0 Å². The molecule has 0 aliphatic carbocycles. The van der Waals surface area contributed by atoms with Crippen molar-refractivity contribution in [2.75, 3.05) is 5.75 Å². The summed E-state index contributed by atoms with van der Waals surface area (Å²) in [7, 11) is 0. The van der Waals surface area contributed by atoms with Gasteiger partial charge in [-0.1, -0.05) is 30.3 Å². The summed E-state index contributed by atoms with van der Waals surface area (Å²) in [6.45, 7) is 1.69. The first-order valence-corrected chi connectivity index (χ1v) is 8.45. The molecule has 0 spiro atoms. The van der Waals surface area contributed by atoms with Crippen LogP contribution in [0.4, 0.5) is 0 Å². The van der Waals surface area contributed by atoms with Crippen LogP contribution in [0, 0.1) is 0 Å². The molecule has 0 bridgehead atoms. The van der Waals surface area contributed by atoms with Crippen molar-refractivity contribution in [2.24, 2.45) is 5.73 Å². The fraction of sp³-hybridized carbons (Fsp3) is 0.312. The largest absolute Gasteiger partial charge is 1.00 e. The molecule has 4 N–H and O–H groups in total. The normalized spacial score (nSPS) is 23.1. The van der Waals surface area contributed by atoms with Gasteiger partial charge in [0.1, 0.15) is 23.2 Å². The van der Waals surface area contributed by atoms with Gasteiger partial charge in [-0.15, -0.1) is 11.8 Å². The van der Waals surface area contributed by atoms with E-state index in [1.165, 1.54) is 16.7 Å². The SMILES string of the molecule is CC1=C(C(=O)O)N2C(=O)[C@@H](NC(=O)C(N)c3ccccc3)[C@H]2SC1.[H-].[Na+]. The molecular weight excluding hydrogens is 353 g/mol. The summed E-state index contributed by atoms with van der Waals surface area (Å²) in [5.74, 6) is -1.50. The summed E-state index contributed by atoms with van der Waals surface area (Å²) in [6, 6.07) is 7.23. The van der Waals surface area contributed by atoms with E-state index < -0.39 is 35.2 Å². The van der Waals surface area contributed by atoms with E-state index in [0.29, 0.717) is 16.9 Å². The molecule has 3 rings (SSSR count). The van der Waals surface area contributed by atoms with E-state index in [1.54, 1.807) is 31.2 Å². The van der Waals surface area contributed by atoms with Crippen LogP contribution < -0.4 is 40.6 Å². The molecule has 0 saturated carbocycles. The van der Waals surface area contributed by atoms with Gasteiger partial charge in [-0.25, -0.2) is 4.79 Å². The maximum absolute atomic E-state index is 12.3. The molecule has 25 heavy (non-hydrogen) atoms. The number of benzene rings is 1. The number of thioether (sulfide) groups is 1. The zero-order valence-electron chi connectivity index (χ0n) is 14.9. The molecule has 7 nitrogen and oxygen atoms in total. The standard InChI is InChI=1S/C16H17N3O4S.Na.H/c1-8-7-24-15-11(14(21)19(15)12(8)16(22)23)18-13(20)10(17)9-5-3-2-4-6-9;;/h2-6,10-11,15H,7,17H2,1H3,(H,18,20)(H,22,23);;/q;+1;-1/t10?,11-,15-;;/m1../s1. The van der Waals surface area contributed by atoms with Crippen LogP contribution in [0.25, 0.3) is 0 Å². The molecule has 2 aliphatic heterocycles. The number of nitrogens with one attached hydrogen (secondary N) is 1. The molecule has 128 valence electrons. The average molecular weight is 371 g/mol. The van der Waals surface area contributed by atoms with Crippen LogP contribution in [0.5, 0.6) is 0 Å². The molecule has 1 saturated heterocycles. The third kappa shape index (κ3) is 3.63. The van der Waals surface area contributed by atoms with E-state index in [2.05, 4.69) is 5.32 Å². The number of amides is 2. The Bertz CT molecular complexity index is 746. The van der Waals surface area contributed by atoms with Gasteiger partial charge in [0.25, 0.3) is 5.91 Å². The van der Waals surface area contributed by atoms with Crippen LogP contribution in [-0.2, 0) is 14.4 Å². The van der Waals surface area contributed by atoms with Crippen LogP contribution >= 0.6 is 11.8 Å². The summed E-state index contributed by atoms with van der Waals surface area (Å²) >= 11 is 1.43. The molecular formula is C16H18N3NaO4S. The van der Waals surface area contributed by atoms with E-state index in [4.69, 9.17) is 5.73 Å². The van der Waals surface area contributed by atoms with E-state index in [1.807, 2.05) is 6.07 Å². The maximum atomic E-state index is 12.3. The number of nitrogens with zero attached hydrogens (tertiary/aromatic N) is 1. The monoisotopic (exact) mass is 371 g/mol. The number of fused-ring (bicyclic) bond motifs is 1. The fourth-order valence-corrected chi connectivity index (χ4v) is 4.12. The predicted molar refractivity (Wildman–Crippen MR) is 89.8 cm³/mol. The molecule has 1 aromatic rings. The fourth-order valence-electron chi connectivity index (χ4n) is 2.83. The van der Waals surface area contributed by atoms with Crippen LogP contribution in [0.1, 0.15) is 20.0 Å². The van der Waals surface area contributed by atoms with Crippen molar-refractivity contribution in [1.82, 2.24) is 10.2 Å². The summed E-state index contributed by atoms with van der Waals surface area (Å²) < 4.78 is 0. The first-order valence-electron chi connectivity index (χ1n) is 7.40. The van der Waals surface area contributed by atoms with E-state index >= 15 is 0 Å². The molecule has 1 unspecified atom stereocenters. The first kappa shape index (κ1) is 20.0. The van der Waals surface area contributed by atoms with Crippen molar-refractivity contribution in [3.8, 4) is 0 Å². The molecule has 0 radical (unpaired) electrons. The molecule has 3 atom stereocenters. The van der Waals surface area contributed by atoms with E-state index in [-0.39, 0.29) is 36.7 Å². The Morgan fingerprint density at radius 2 is 2.04 bits per heavy atom. The summed E-state index contributed by atoms with van der Waals surface area (Å²) in [6.07, 6.45) is 0. The van der Waals surface area contributed by atoms with E-state index in [0.717, 1.165) is 0 Å². The van der Waals surface area contributed by atoms with Gasteiger partial charge in [0.2, 0.25) is 5.91 Å². The van der Waals surface area contributed by atoms with Crippen LogP contribution in [0.15, 0.2) is 41.6 Å². The third-order valence-corrected chi connectivity index (χ3v) is 5.52. The van der Waals surface area contributed by atoms with Crippen molar-refractivity contribution >= 4 is 29.5 Å². The van der Waals surface area contributed by atoms with Gasteiger partial charge in [-0.3, -0.25) is 14.5 Å². The summed E-state index contributed by atoms with van der Waals surface area (Å²) in [5, 5.41) is 11.5. The second-order valence-electron chi connectivity index (χ2n) is 5.72. The number of nitrogens with two attached hydrogens (primary N) is 1. The minimum Gasteiger partial charge on any atom is -1.00 e. The molecule has 0 aromatic heterocycles. The molecule has 1 aromatic carbocycles. The first-order chi connectivity index (χ1) is 11.4.